The van der Waals surface area contributed by atoms with Gasteiger partial charge >= 0.3 is 0 Å². The van der Waals surface area contributed by atoms with Gasteiger partial charge in [-0.25, -0.2) is 0 Å². The first-order valence-corrected chi connectivity index (χ1v) is 7.57. The van der Waals surface area contributed by atoms with Crippen LogP contribution in [0.5, 0.6) is 11.5 Å². The van der Waals surface area contributed by atoms with Crippen LogP contribution in [0.3, 0.4) is 0 Å². The Labute approximate surface area is 128 Å². The van der Waals surface area contributed by atoms with E-state index in [4.69, 9.17) is 4.74 Å². The van der Waals surface area contributed by atoms with Gasteiger partial charge in [0.2, 0.25) is 0 Å². The molecule has 112 valence electrons. The third-order valence-corrected chi connectivity index (χ3v) is 3.91. The van der Waals surface area contributed by atoms with E-state index in [2.05, 4.69) is 57.3 Å². The van der Waals surface area contributed by atoms with Gasteiger partial charge in [0.25, 0.3) is 0 Å². The van der Waals surface area contributed by atoms with Crippen LogP contribution in [-0.2, 0) is 0 Å². The third kappa shape index (κ3) is 3.85. The second-order valence-electron chi connectivity index (χ2n) is 5.85. The lowest BCUT2D eigenvalue weighted by Crippen LogP contribution is -2.11. The summed E-state index contributed by atoms with van der Waals surface area (Å²) in [6.45, 7) is 8.71. The fourth-order valence-electron chi connectivity index (χ4n) is 2.49. The number of rotatable bonds is 5. The van der Waals surface area contributed by atoms with Gasteiger partial charge in [0.15, 0.2) is 0 Å². The first-order valence-electron chi connectivity index (χ1n) is 7.57. The molecule has 1 atom stereocenters. The van der Waals surface area contributed by atoms with Crippen molar-refractivity contribution in [1.82, 2.24) is 5.32 Å². The molecular formula is C19H25NO. The summed E-state index contributed by atoms with van der Waals surface area (Å²) >= 11 is 0. The predicted molar refractivity (Wildman–Crippen MR) is 89.3 cm³/mol. The van der Waals surface area contributed by atoms with Crippen LogP contribution in [0.15, 0.2) is 42.5 Å². The lowest BCUT2D eigenvalue weighted by atomic mass is 9.98. The van der Waals surface area contributed by atoms with Gasteiger partial charge < -0.3 is 10.1 Å². The summed E-state index contributed by atoms with van der Waals surface area (Å²) in [5.41, 5.74) is 3.92. The van der Waals surface area contributed by atoms with Gasteiger partial charge in [-0.05, 0) is 67.8 Å². The quantitative estimate of drug-likeness (QED) is 0.815. The highest BCUT2D eigenvalue weighted by atomic mass is 16.5. The van der Waals surface area contributed by atoms with Crippen molar-refractivity contribution in [2.45, 2.75) is 39.7 Å². The van der Waals surface area contributed by atoms with Crippen molar-refractivity contribution >= 4 is 0 Å². The Morgan fingerprint density at radius 1 is 0.905 bits per heavy atom. The van der Waals surface area contributed by atoms with Gasteiger partial charge in [-0.2, -0.15) is 0 Å². The second-order valence-corrected chi connectivity index (χ2v) is 5.85. The van der Waals surface area contributed by atoms with Crippen molar-refractivity contribution in [3.63, 3.8) is 0 Å². The molecule has 0 bridgehead atoms. The summed E-state index contributed by atoms with van der Waals surface area (Å²) in [6.07, 6.45) is 0. The highest BCUT2D eigenvalue weighted by Crippen LogP contribution is 2.27. The lowest BCUT2D eigenvalue weighted by molar-refractivity contribution is 0.481. The van der Waals surface area contributed by atoms with Crippen molar-refractivity contribution in [2.75, 3.05) is 7.05 Å². The van der Waals surface area contributed by atoms with Crippen LogP contribution >= 0.6 is 0 Å². The molecule has 2 aromatic carbocycles. The molecule has 21 heavy (non-hydrogen) atoms. The minimum Gasteiger partial charge on any atom is -0.457 e. The van der Waals surface area contributed by atoms with Gasteiger partial charge in [-0.15, -0.1) is 0 Å². The van der Waals surface area contributed by atoms with E-state index < -0.39 is 0 Å². The molecule has 0 amide bonds. The molecule has 0 heterocycles. The van der Waals surface area contributed by atoms with Crippen molar-refractivity contribution in [3.8, 4) is 11.5 Å². The normalized spacial score (nSPS) is 12.5. The fourth-order valence-corrected chi connectivity index (χ4v) is 2.49. The molecule has 1 N–H and O–H groups in total. The minimum atomic E-state index is 0.353. The van der Waals surface area contributed by atoms with Crippen LogP contribution in [0.25, 0.3) is 0 Å². The van der Waals surface area contributed by atoms with Gasteiger partial charge in [-0.3, -0.25) is 0 Å². The number of aryl methyl sites for hydroxylation is 1. The zero-order valence-corrected chi connectivity index (χ0v) is 13.6. The Hall–Kier alpha value is -1.80. The maximum atomic E-state index is 5.94. The first kappa shape index (κ1) is 15.6. The number of nitrogens with one attached hydrogen (secondary N) is 1. The Balaban J connectivity index is 2.13. The Morgan fingerprint density at radius 2 is 1.52 bits per heavy atom. The Kier molecular flexibility index (Phi) is 5.03. The van der Waals surface area contributed by atoms with E-state index in [0.29, 0.717) is 12.0 Å². The molecule has 0 saturated heterocycles. The summed E-state index contributed by atoms with van der Waals surface area (Å²) in [5.74, 6) is 2.31. The maximum Gasteiger partial charge on any atom is 0.127 e. The molecule has 2 heteroatoms. The monoisotopic (exact) mass is 283 g/mol. The Bertz CT molecular complexity index is 587. The summed E-state index contributed by atoms with van der Waals surface area (Å²) in [5, 5.41) is 3.23. The van der Waals surface area contributed by atoms with Crippen LogP contribution in [0.4, 0.5) is 0 Å². The van der Waals surface area contributed by atoms with Crippen LogP contribution in [0.1, 0.15) is 49.4 Å². The fraction of sp³-hybridized carbons (Fsp3) is 0.368. The average Bonchev–Trinajstić information content (AvgIpc) is 2.47. The van der Waals surface area contributed by atoms with E-state index in [9.17, 15) is 0 Å². The first-order chi connectivity index (χ1) is 10.0. The van der Waals surface area contributed by atoms with Gasteiger partial charge in [0, 0.05) is 6.04 Å². The number of hydrogen-bond donors (Lipinski definition) is 1. The molecule has 0 saturated carbocycles. The lowest BCUT2D eigenvalue weighted by Gasteiger charge is -2.13. The summed E-state index contributed by atoms with van der Waals surface area (Å²) < 4.78 is 5.94. The molecule has 1 unspecified atom stereocenters. The van der Waals surface area contributed by atoms with E-state index >= 15 is 0 Å². The number of hydrogen-bond acceptors (Lipinski definition) is 2. The average molecular weight is 283 g/mol. The summed E-state index contributed by atoms with van der Waals surface area (Å²) in [6, 6.07) is 14.9. The molecule has 0 fully saturated rings. The van der Waals surface area contributed by atoms with E-state index in [1.807, 2.05) is 25.2 Å². The molecule has 2 rings (SSSR count). The predicted octanol–water partition coefficient (Wildman–Crippen LogP) is 5.19. The SMILES string of the molecule is CNC(C)c1ccc(Oc2ccc(C(C)C)c(C)c2)cc1. The van der Waals surface area contributed by atoms with Crippen LogP contribution in [0.2, 0.25) is 0 Å². The second kappa shape index (κ2) is 6.77. The van der Waals surface area contributed by atoms with Crippen molar-refractivity contribution < 1.29 is 4.74 Å². The summed E-state index contributed by atoms with van der Waals surface area (Å²) in [7, 11) is 1.97. The third-order valence-electron chi connectivity index (χ3n) is 3.91. The number of ether oxygens (including phenoxy) is 1. The van der Waals surface area contributed by atoms with Crippen molar-refractivity contribution in [3.05, 3.63) is 59.2 Å². The van der Waals surface area contributed by atoms with Crippen molar-refractivity contribution in [2.24, 2.45) is 0 Å². The molecule has 2 aromatic rings. The van der Waals surface area contributed by atoms with E-state index in [1.165, 1.54) is 16.7 Å². The van der Waals surface area contributed by atoms with E-state index in [0.717, 1.165) is 11.5 Å². The Morgan fingerprint density at radius 3 is 2.05 bits per heavy atom. The standard InChI is InChI=1S/C19H25NO/c1-13(2)19-11-10-18(12-14(19)3)21-17-8-6-16(7-9-17)15(4)20-5/h6-13,15,20H,1-5H3. The van der Waals surface area contributed by atoms with Gasteiger partial charge in [0.05, 0.1) is 0 Å². The topological polar surface area (TPSA) is 21.3 Å². The molecule has 0 aliphatic heterocycles. The minimum absolute atomic E-state index is 0.353. The van der Waals surface area contributed by atoms with Gasteiger partial charge in [-0.1, -0.05) is 32.0 Å². The largest absolute Gasteiger partial charge is 0.457 e. The maximum absolute atomic E-state index is 5.94. The van der Waals surface area contributed by atoms with Crippen LogP contribution in [0, 0.1) is 6.92 Å². The molecule has 0 aliphatic carbocycles. The highest BCUT2D eigenvalue weighted by Gasteiger charge is 2.06. The molecule has 2 nitrogen and oxygen atoms in total. The van der Waals surface area contributed by atoms with E-state index in [-0.39, 0.29) is 0 Å². The van der Waals surface area contributed by atoms with Crippen molar-refractivity contribution in [1.29, 1.82) is 0 Å². The highest BCUT2D eigenvalue weighted by molar-refractivity contribution is 5.39. The zero-order valence-electron chi connectivity index (χ0n) is 13.6. The molecule has 0 aromatic heterocycles. The van der Waals surface area contributed by atoms with Crippen LogP contribution in [-0.4, -0.2) is 7.05 Å². The zero-order chi connectivity index (χ0) is 15.4. The van der Waals surface area contributed by atoms with Crippen LogP contribution < -0.4 is 10.1 Å². The van der Waals surface area contributed by atoms with Gasteiger partial charge in [0.1, 0.15) is 11.5 Å². The molecule has 0 spiro atoms. The molecular weight excluding hydrogens is 258 g/mol. The smallest absolute Gasteiger partial charge is 0.127 e. The number of benzene rings is 2. The molecule has 0 aliphatic rings. The molecule has 0 radical (unpaired) electrons. The van der Waals surface area contributed by atoms with E-state index in [1.54, 1.807) is 0 Å². The summed E-state index contributed by atoms with van der Waals surface area (Å²) in [4.78, 5) is 0.